The molecule has 0 spiro atoms. The molecule has 1 atom stereocenters. The van der Waals surface area contributed by atoms with Crippen LogP contribution in [0.15, 0.2) is 28.9 Å². The van der Waals surface area contributed by atoms with Crippen LogP contribution in [0.2, 0.25) is 0 Å². The molecule has 0 aliphatic carbocycles. The zero-order chi connectivity index (χ0) is 17.9. The van der Waals surface area contributed by atoms with Gasteiger partial charge in [-0.05, 0) is 44.5 Å². The Hall–Kier alpha value is -1.82. The Morgan fingerprint density at radius 2 is 2.12 bits per heavy atom. The van der Waals surface area contributed by atoms with E-state index in [-0.39, 0.29) is 12.0 Å². The summed E-state index contributed by atoms with van der Waals surface area (Å²) >= 11 is 3.48. The molecule has 2 aromatic rings. The van der Waals surface area contributed by atoms with Crippen LogP contribution in [0.5, 0.6) is 0 Å². The number of aromatic amines is 1. The summed E-state index contributed by atoms with van der Waals surface area (Å²) in [6.45, 7) is 5.91. The van der Waals surface area contributed by atoms with Crippen LogP contribution in [-0.4, -0.2) is 41.5 Å². The molecule has 2 rings (SSSR count). The van der Waals surface area contributed by atoms with Gasteiger partial charge in [0.2, 0.25) is 0 Å². The topological polar surface area (TPSA) is 62.4 Å². The van der Waals surface area contributed by atoms with Crippen molar-refractivity contribution >= 4 is 39.2 Å². The van der Waals surface area contributed by atoms with Gasteiger partial charge in [0, 0.05) is 47.5 Å². The zero-order valence-corrected chi connectivity index (χ0v) is 16.0. The first-order valence-corrected chi connectivity index (χ1v) is 8.65. The second kappa shape index (κ2) is 7.38. The first-order valence-electron chi connectivity index (χ1n) is 7.85. The van der Waals surface area contributed by atoms with E-state index in [9.17, 15) is 9.59 Å². The number of halogens is 1. The van der Waals surface area contributed by atoms with E-state index < -0.39 is 5.60 Å². The van der Waals surface area contributed by atoms with E-state index in [1.165, 1.54) is 4.90 Å². The molecule has 0 fully saturated rings. The van der Waals surface area contributed by atoms with Gasteiger partial charge >= 0.3 is 6.09 Å². The minimum absolute atomic E-state index is 0.0944. The Balaban J connectivity index is 2.23. The van der Waals surface area contributed by atoms with Crippen LogP contribution < -0.4 is 0 Å². The van der Waals surface area contributed by atoms with Crippen LogP contribution in [0.25, 0.3) is 10.9 Å². The number of aldehydes is 1. The van der Waals surface area contributed by atoms with Gasteiger partial charge in [-0.3, -0.25) is 0 Å². The molecule has 0 aliphatic rings. The molecule has 130 valence electrons. The molecule has 6 heteroatoms. The summed E-state index contributed by atoms with van der Waals surface area (Å²) in [4.78, 5) is 28.1. The Kier molecular flexibility index (Phi) is 5.70. The quantitative estimate of drug-likeness (QED) is 0.760. The predicted molar refractivity (Wildman–Crippen MR) is 98.3 cm³/mol. The zero-order valence-electron chi connectivity index (χ0n) is 14.4. The summed E-state index contributed by atoms with van der Waals surface area (Å²) in [6, 6.07) is 5.97. The molecule has 24 heavy (non-hydrogen) atoms. The van der Waals surface area contributed by atoms with Gasteiger partial charge in [0.25, 0.3) is 0 Å². The Morgan fingerprint density at radius 3 is 2.75 bits per heavy atom. The number of H-pyrrole nitrogens is 1. The first-order chi connectivity index (χ1) is 11.2. The number of benzene rings is 1. The SMILES string of the molecule is CN(C[C@@H](CC=O)c1c[nH]c2ccc(Br)cc12)C(=O)OC(C)(C)C. The highest BCUT2D eigenvalue weighted by atomic mass is 79.9. The number of ether oxygens (including phenoxy) is 1. The van der Waals surface area contributed by atoms with Gasteiger partial charge < -0.3 is 19.4 Å². The third-order valence-corrected chi connectivity index (χ3v) is 4.19. The van der Waals surface area contributed by atoms with Crippen molar-refractivity contribution in [1.29, 1.82) is 0 Å². The number of carbonyl (C=O) groups is 2. The van der Waals surface area contributed by atoms with Crippen molar-refractivity contribution in [2.24, 2.45) is 0 Å². The van der Waals surface area contributed by atoms with Crippen LogP contribution in [0.4, 0.5) is 4.79 Å². The van der Waals surface area contributed by atoms with Gasteiger partial charge in [0.1, 0.15) is 11.9 Å². The number of carbonyl (C=O) groups excluding carboxylic acids is 2. The number of fused-ring (bicyclic) bond motifs is 1. The normalized spacial score (nSPS) is 12.9. The monoisotopic (exact) mass is 394 g/mol. The number of likely N-dealkylation sites (N-methyl/N-ethyl adjacent to an activating group) is 1. The van der Waals surface area contributed by atoms with Crippen LogP contribution in [0, 0.1) is 0 Å². The molecule has 1 aromatic carbocycles. The fraction of sp³-hybridized carbons (Fsp3) is 0.444. The number of nitrogens with one attached hydrogen (secondary N) is 1. The fourth-order valence-corrected chi connectivity index (χ4v) is 2.97. The molecule has 0 bridgehead atoms. The van der Waals surface area contributed by atoms with E-state index in [4.69, 9.17) is 4.74 Å². The lowest BCUT2D eigenvalue weighted by molar-refractivity contribution is -0.108. The summed E-state index contributed by atoms with van der Waals surface area (Å²) in [5.41, 5.74) is 1.48. The number of aromatic nitrogens is 1. The standard InChI is InChI=1S/C18H23BrN2O3/c1-18(2,3)24-17(23)21(4)11-12(7-8-22)15-10-20-16-6-5-13(19)9-14(15)16/h5-6,8-10,12,20H,7,11H2,1-4H3/t12-/m1/s1. The van der Waals surface area contributed by atoms with Crippen molar-refractivity contribution in [1.82, 2.24) is 9.88 Å². The number of hydrogen-bond donors (Lipinski definition) is 1. The van der Waals surface area contributed by atoms with Gasteiger partial charge in [0.05, 0.1) is 0 Å². The van der Waals surface area contributed by atoms with Crippen LogP contribution in [-0.2, 0) is 9.53 Å². The minimum Gasteiger partial charge on any atom is -0.444 e. The number of hydrogen-bond acceptors (Lipinski definition) is 3. The Labute approximate surface area is 150 Å². The molecule has 0 radical (unpaired) electrons. The van der Waals surface area contributed by atoms with Crippen molar-refractivity contribution in [3.05, 3.63) is 34.4 Å². The highest BCUT2D eigenvalue weighted by Gasteiger charge is 2.24. The van der Waals surface area contributed by atoms with Gasteiger partial charge in [0.15, 0.2) is 0 Å². The van der Waals surface area contributed by atoms with Crippen molar-refractivity contribution < 1.29 is 14.3 Å². The maximum Gasteiger partial charge on any atom is 0.410 e. The Bertz CT molecular complexity index is 733. The number of nitrogens with zero attached hydrogens (tertiary/aromatic N) is 1. The van der Waals surface area contributed by atoms with Crippen molar-refractivity contribution in [3.63, 3.8) is 0 Å². The molecule has 1 N–H and O–H groups in total. The molecule has 1 heterocycles. The maximum absolute atomic E-state index is 12.2. The number of rotatable bonds is 5. The van der Waals surface area contributed by atoms with Crippen LogP contribution in [0.1, 0.15) is 38.7 Å². The van der Waals surface area contributed by atoms with Gasteiger partial charge in [-0.2, -0.15) is 0 Å². The van der Waals surface area contributed by atoms with Crippen LogP contribution >= 0.6 is 15.9 Å². The summed E-state index contributed by atoms with van der Waals surface area (Å²) in [6.07, 6.45) is 2.75. The van der Waals surface area contributed by atoms with Gasteiger partial charge in [-0.15, -0.1) is 0 Å². The second-order valence-corrected chi connectivity index (χ2v) is 7.81. The third kappa shape index (κ3) is 4.60. The van der Waals surface area contributed by atoms with E-state index in [1.807, 2.05) is 45.2 Å². The first kappa shape index (κ1) is 18.5. The summed E-state index contributed by atoms with van der Waals surface area (Å²) < 4.78 is 6.36. The highest BCUT2D eigenvalue weighted by Crippen LogP contribution is 2.30. The Morgan fingerprint density at radius 1 is 1.42 bits per heavy atom. The van der Waals surface area contributed by atoms with Crippen molar-refractivity contribution in [3.8, 4) is 0 Å². The average molecular weight is 395 g/mol. The lowest BCUT2D eigenvalue weighted by atomic mass is 9.95. The van der Waals surface area contributed by atoms with Gasteiger partial charge in [-0.25, -0.2) is 4.79 Å². The smallest absolute Gasteiger partial charge is 0.410 e. The minimum atomic E-state index is -0.544. The molecule has 0 saturated carbocycles. The molecular formula is C18H23BrN2O3. The largest absolute Gasteiger partial charge is 0.444 e. The lowest BCUT2D eigenvalue weighted by Crippen LogP contribution is -2.36. The van der Waals surface area contributed by atoms with Crippen molar-refractivity contribution in [2.45, 2.75) is 38.7 Å². The molecule has 1 amide bonds. The predicted octanol–water partition coefficient (Wildman–Crippen LogP) is 4.47. The summed E-state index contributed by atoms with van der Waals surface area (Å²) in [7, 11) is 1.69. The molecule has 1 aromatic heterocycles. The second-order valence-electron chi connectivity index (χ2n) is 6.89. The molecule has 0 aliphatic heterocycles. The van der Waals surface area contributed by atoms with E-state index in [1.54, 1.807) is 7.05 Å². The molecule has 0 unspecified atom stereocenters. The molecule has 0 saturated heterocycles. The van der Waals surface area contributed by atoms with E-state index in [0.717, 1.165) is 27.2 Å². The summed E-state index contributed by atoms with van der Waals surface area (Å²) in [5.74, 6) is -0.0944. The molecular weight excluding hydrogens is 372 g/mol. The van der Waals surface area contributed by atoms with Crippen LogP contribution in [0.3, 0.4) is 0 Å². The van der Waals surface area contributed by atoms with Crippen molar-refractivity contribution in [2.75, 3.05) is 13.6 Å². The third-order valence-electron chi connectivity index (χ3n) is 3.70. The van der Waals surface area contributed by atoms with E-state index >= 15 is 0 Å². The number of amides is 1. The summed E-state index contributed by atoms with van der Waals surface area (Å²) in [5, 5.41) is 1.05. The lowest BCUT2D eigenvalue weighted by Gasteiger charge is -2.27. The van der Waals surface area contributed by atoms with E-state index in [0.29, 0.717) is 13.0 Å². The molecule has 5 nitrogen and oxygen atoms in total. The van der Waals surface area contributed by atoms with Gasteiger partial charge in [-0.1, -0.05) is 15.9 Å². The van der Waals surface area contributed by atoms with E-state index in [2.05, 4.69) is 20.9 Å². The highest BCUT2D eigenvalue weighted by molar-refractivity contribution is 9.10. The fourth-order valence-electron chi connectivity index (χ4n) is 2.61. The maximum atomic E-state index is 12.2. The average Bonchev–Trinajstić information content (AvgIpc) is 2.87.